The van der Waals surface area contributed by atoms with Crippen LogP contribution in [0, 0.1) is 11.8 Å². The molecular formula is C9H20N2. The molecule has 1 rings (SSSR count). The van der Waals surface area contributed by atoms with Gasteiger partial charge in [-0.1, -0.05) is 6.42 Å². The van der Waals surface area contributed by atoms with Crippen molar-refractivity contribution in [1.82, 2.24) is 0 Å². The van der Waals surface area contributed by atoms with Crippen LogP contribution in [0.4, 0.5) is 0 Å². The van der Waals surface area contributed by atoms with E-state index in [9.17, 15) is 0 Å². The summed E-state index contributed by atoms with van der Waals surface area (Å²) in [4.78, 5) is 0. The molecule has 0 spiro atoms. The molecule has 0 aromatic carbocycles. The molecular weight excluding hydrogens is 136 g/mol. The van der Waals surface area contributed by atoms with Crippen molar-refractivity contribution in [1.29, 1.82) is 0 Å². The second kappa shape index (κ2) is 3.55. The summed E-state index contributed by atoms with van der Waals surface area (Å²) in [7, 11) is 0. The Hall–Kier alpha value is -0.0800. The third-order valence-corrected chi connectivity index (χ3v) is 2.98. The standard InChI is InChI=1S/C9H20N2/c1-6(10)8-4-3-5-9(8)7(2)11/h6-9H,3-5,10-11H2,1-2H3. The van der Waals surface area contributed by atoms with Crippen molar-refractivity contribution in [2.24, 2.45) is 23.3 Å². The predicted octanol–water partition coefficient (Wildman–Crippen LogP) is 1.10. The van der Waals surface area contributed by atoms with E-state index in [0.29, 0.717) is 23.9 Å². The lowest BCUT2D eigenvalue weighted by atomic mass is 9.86. The Morgan fingerprint density at radius 2 is 1.36 bits per heavy atom. The van der Waals surface area contributed by atoms with Crippen molar-refractivity contribution in [3.05, 3.63) is 0 Å². The third kappa shape index (κ3) is 1.94. The van der Waals surface area contributed by atoms with Crippen LogP contribution in [0.5, 0.6) is 0 Å². The van der Waals surface area contributed by atoms with Gasteiger partial charge in [0.15, 0.2) is 0 Å². The van der Waals surface area contributed by atoms with E-state index in [1.165, 1.54) is 19.3 Å². The normalized spacial score (nSPS) is 37.1. The molecule has 0 heterocycles. The summed E-state index contributed by atoms with van der Waals surface area (Å²) < 4.78 is 0. The zero-order chi connectivity index (χ0) is 8.43. The van der Waals surface area contributed by atoms with Crippen LogP contribution >= 0.6 is 0 Å². The molecule has 2 nitrogen and oxygen atoms in total. The Balaban J connectivity index is 2.51. The second-order valence-electron chi connectivity index (χ2n) is 3.98. The van der Waals surface area contributed by atoms with Crippen LogP contribution in [0.15, 0.2) is 0 Å². The van der Waals surface area contributed by atoms with E-state index in [2.05, 4.69) is 13.8 Å². The predicted molar refractivity (Wildman–Crippen MR) is 48.1 cm³/mol. The molecule has 0 aliphatic heterocycles. The topological polar surface area (TPSA) is 52.0 Å². The van der Waals surface area contributed by atoms with Gasteiger partial charge in [-0.15, -0.1) is 0 Å². The fourth-order valence-corrected chi connectivity index (χ4v) is 2.32. The number of hydrogen-bond acceptors (Lipinski definition) is 2. The summed E-state index contributed by atoms with van der Waals surface area (Å²) in [5.41, 5.74) is 11.7. The molecule has 0 radical (unpaired) electrons. The Morgan fingerprint density at radius 3 is 1.64 bits per heavy atom. The highest BCUT2D eigenvalue weighted by molar-refractivity contribution is 4.86. The SMILES string of the molecule is CC(N)C1CCCC1C(C)N. The van der Waals surface area contributed by atoms with Gasteiger partial charge in [0.25, 0.3) is 0 Å². The maximum Gasteiger partial charge on any atom is 0.00419 e. The van der Waals surface area contributed by atoms with Gasteiger partial charge in [0.05, 0.1) is 0 Å². The Bertz CT molecular complexity index is 107. The molecule has 0 saturated heterocycles. The average Bonchev–Trinajstić information content (AvgIpc) is 2.32. The third-order valence-electron chi connectivity index (χ3n) is 2.98. The van der Waals surface area contributed by atoms with Crippen molar-refractivity contribution < 1.29 is 0 Å². The van der Waals surface area contributed by atoms with Gasteiger partial charge in [0, 0.05) is 12.1 Å². The van der Waals surface area contributed by atoms with E-state index >= 15 is 0 Å². The van der Waals surface area contributed by atoms with Gasteiger partial charge in [-0.2, -0.15) is 0 Å². The second-order valence-corrected chi connectivity index (χ2v) is 3.98. The van der Waals surface area contributed by atoms with Crippen molar-refractivity contribution in [3.63, 3.8) is 0 Å². The lowest BCUT2D eigenvalue weighted by Gasteiger charge is -2.25. The van der Waals surface area contributed by atoms with E-state index in [1.54, 1.807) is 0 Å². The molecule has 4 unspecified atom stereocenters. The Labute approximate surface area is 69.3 Å². The van der Waals surface area contributed by atoms with Crippen molar-refractivity contribution in [2.75, 3.05) is 0 Å². The minimum absolute atomic E-state index is 0.327. The van der Waals surface area contributed by atoms with E-state index in [0.717, 1.165) is 0 Å². The van der Waals surface area contributed by atoms with Crippen LogP contribution in [-0.4, -0.2) is 12.1 Å². The van der Waals surface area contributed by atoms with Gasteiger partial charge < -0.3 is 11.5 Å². The Kier molecular flexibility index (Phi) is 2.90. The van der Waals surface area contributed by atoms with Crippen LogP contribution in [0.1, 0.15) is 33.1 Å². The van der Waals surface area contributed by atoms with E-state index < -0.39 is 0 Å². The van der Waals surface area contributed by atoms with E-state index in [1.807, 2.05) is 0 Å². The zero-order valence-corrected chi connectivity index (χ0v) is 7.59. The van der Waals surface area contributed by atoms with Crippen molar-refractivity contribution in [3.8, 4) is 0 Å². The van der Waals surface area contributed by atoms with Crippen LogP contribution in [0.3, 0.4) is 0 Å². The summed E-state index contributed by atoms with van der Waals surface area (Å²) in [5.74, 6) is 1.35. The van der Waals surface area contributed by atoms with Crippen LogP contribution in [0.2, 0.25) is 0 Å². The molecule has 2 heteroatoms. The molecule has 66 valence electrons. The quantitative estimate of drug-likeness (QED) is 0.629. The highest BCUT2D eigenvalue weighted by atomic mass is 14.7. The van der Waals surface area contributed by atoms with Crippen molar-refractivity contribution in [2.45, 2.75) is 45.2 Å². The summed E-state index contributed by atoms with van der Waals surface area (Å²) >= 11 is 0. The first kappa shape index (κ1) is 9.01. The van der Waals surface area contributed by atoms with Crippen molar-refractivity contribution >= 4 is 0 Å². The lowest BCUT2D eigenvalue weighted by Crippen LogP contribution is -2.37. The average molecular weight is 156 g/mol. The number of hydrogen-bond donors (Lipinski definition) is 2. The van der Waals surface area contributed by atoms with E-state index in [-0.39, 0.29) is 0 Å². The van der Waals surface area contributed by atoms with Gasteiger partial charge in [-0.25, -0.2) is 0 Å². The fourth-order valence-electron chi connectivity index (χ4n) is 2.32. The maximum absolute atomic E-state index is 5.87. The van der Waals surface area contributed by atoms with E-state index in [4.69, 9.17) is 11.5 Å². The number of nitrogens with two attached hydrogens (primary N) is 2. The largest absolute Gasteiger partial charge is 0.328 e. The molecule has 0 amide bonds. The van der Waals surface area contributed by atoms with Crippen LogP contribution in [0.25, 0.3) is 0 Å². The summed E-state index contributed by atoms with van der Waals surface area (Å²) in [6.07, 6.45) is 3.88. The molecule has 0 bridgehead atoms. The monoisotopic (exact) mass is 156 g/mol. The lowest BCUT2D eigenvalue weighted by molar-refractivity contribution is 0.300. The molecule has 0 aromatic rings. The molecule has 1 aliphatic rings. The molecule has 1 aliphatic carbocycles. The highest BCUT2D eigenvalue weighted by Gasteiger charge is 2.31. The van der Waals surface area contributed by atoms with Crippen LogP contribution < -0.4 is 11.5 Å². The zero-order valence-electron chi connectivity index (χ0n) is 7.59. The first-order chi connectivity index (χ1) is 5.13. The molecule has 1 fully saturated rings. The number of rotatable bonds is 2. The molecule has 0 aromatic heterocycles. The molecule has 4 N–H and O–H groups in total. The molecule has 1 saturated carbocycles. The van der Waals surface area contributed by atoms with Gasteiger partial charge in [0.2, 0.25) is 0 Å². The molecule has 11 heavy (non-hydrogen) atoms. The minimum Gasteiger partial charge on any atom is -0.328 e. The summed E-state index contributed by atoms with van der Waals surface area (Å²) in [6.45, 7) is 4.21. The smallest absolute Gasteiger partial charge is 0.00419 e. The first-order valence-electron chi connectivity index (χ1n) is 4.64. The minimum atomic E-state index is 0.327. The van der Waals surface area contributed by atoms with Gasteiger partial charge in [0.1, 0.15) is 0 Å². The van der Waals surface area contributed by atoms with Gasteiger partial charge in [-0.05, 0) is 38.5 Å². The summed E-state index contributed by atoms with van der Waals surface area (Å²) in [5, 5.41) is 0. The first-order valence-corrected chi connectivity index (χ1v) is 4.64. The Morgan fingerprint density at radius 1 is 1.00 bits per heavy atom. The maximum atomic E-state index is 5.87. The van der Waals surface area contributed by atoms with Gasteiger partial charge in [-0.3, -0.25) is 0 Å². The fraction of sp³-hybridized carbons (Fsp3) is 1.00. The highest BCUT2D eigenvalue weighted by Crippen LogP contribution is 2.34. The van der Waals surface area contributed by atoms with Gasteiger partial charge >= 0.3 is 0 Å². The summed E-state index contributed by atoms with van der Waals surface area (Å²) in [6, 6.07) is 0.655. The molecule has 4 atom stereocenters. The van der Waals surface area contributed by atoms with Crippen LogP contribution in [-0.2, 0) is 0 Å².